The van der Waals surface area contributed by atoms with E-state index in [1.54, 1.807) is 0 Å². The molecule has 0 aromatic heterocycles. The van der Waals surface area contributed by atoms with Crippen molar-refractivity contribution >= 4 is 0 Å². The first kappa shape index (κ1) is 9.50. The van der Waals surface area contributed by atoms with Crippen LogP contribution in [0.15, 0.2) is 0 Å². The molecule has 0 heterocycles. The molecule has 0 radical (unpaired) electrons. The molecule has 0 aromatic rings. The summed E-state index contributed by atoms with van der Waals surface area (Å²) in [6.07, 6.45) is 2.69. The van der Waals surface area contributed by atoms with Gasteiger partial charge in [0.25, 0.3) is 0 Å². The molecule has 1 saturated carbocycles. The van der Waals surface area contributed by atoms with Crippen LogP contribution in [-0.4, -0.2) is 37.1 Å². The molecule has 1 fully saturated rings. The molecular weight excluding hydrogens is 150 g/mol. The molecule has 0 aliphatic heterocycles. The van der Waals surface area contributed by atoms with E-state index in [4.69, 9.17) is 5.26 Å². The molecule has 1 rings (SSSR count). The Hall–Kier alpha value is -0.590. The fourth-order valence-corrected chi connectivity index (χ4v) is 1.32. The standard InChI is InChI=1S/C9H17N3/c1-8(7-11-6-5-10)12(2)9-3-4-9/h8-9,11H,3-4,6-7H2,1-2H3. The summed E-state index contributed by atoms with van der Waals surface area (Å²) in [7, 11) is 2.16. The average molecular weight is 167 g/mol. The van der Waals surface area contributed by atoms with Crippen LogP contribution in [0.2, 0.25) is 0 Å². The highest BCUT2D eigenvalue weighted by Gasteiger charge is 2.28. The lowest BCUT2D eigenvalue weighted by atomic mass is 10.3. The summed E-state index contributed by atoms with van der Waals surface area (Å²) in [5.74, 6) is 0. The molecule has 3 heteroatoms. The minimum absolute atomic E-state index is 0.461. The van der Waals surface area contributed by atoms with Crippen molar-refractivity contribution in [2.45, 2.75) is 31.8 Å². The molecule has 0 saturated heterocycles. The van der Waals surface area contributed by atoms with Crippen molar-refractivity contribution in [3.8, 4) is 6.07 Å². The summed E-state index contributed by atoms with van der Waals surface area (Å²) in [6, 6.07) is 3.43. The zero-order valence-electron chi connectivity index (χ0n) is 7.88. The third-order valence-corrected chi connectivity index (χ3v) is 2.46. The van der Waals surface area contributed by atoms with E-state index in [-0.39, 0.29) is 0 Å². The van der Waals surface area contributed by atoms with Crippen molar-refractivity contribution in [3.63, 3.8) is 0 Å². The Bertz CT molecular complexity index is 169. The van der Waals surface area contributed by atoms with E-state index in [1.807, 2.05) is 0 Å². The first-order valence-electron chi connectivity index (χ1n) is 4.55. The lowest BCUT2D eigenvalue weighted by Gasteiger charge is -2.24. The van der Waals surface area contributed by atoms with Gasteiger partial charge in [-0.3, -0.25) is 4.90 Å². The maximum Gasteiger partial charge on any atom is 0.0841 e. The quantitative estimate of drug-likeness (QED) is 0.481. The Morgan fingerprint density at radius 2 is 2.33 bits per heavy atom. The zero-order chi connectivity index (χ0) is 8.97. The molecule has 1 N–H and O–H groups in total. The zero-order valence-corrected chi connectivity index (χ0v) is 7.88. The van der Waals surface area contributed by atoms with Crippen LogP contribution in [0.3, 0.4) is 0 Å². The molecule has 68 valence electrons. The predicted molar refractivity (Wildman–Crippen MR) is 48.7 cm³/mol. The van der Waals surface area contributed by atoms with E-state index in [0.717, 1.165) is 12.6 Å². The third-order valence-electron chi connectivity index (χ3n) is 2.46. The van der Waals surface area contributed by atoms with Crippen LogP contribution in [-0.2, 0) is 0 Å². The van der Waals surface area contributed by atoms with Gasteiger partial charge in [0.15, 0.2) is 0 Å². The summed E-state index contributed by atoms with van der Waals surface area (Å²) in [6.45, 7) is 3.58. The van der Waals surface area contributed by atoms with Gasteiger partial charge in [-0.25, -0.2) is 0 Å². The Morgan fingerprint density at radius 1 is 1.67 bits per heavy atom. The van der Waals surface area contributed by atoms with E-state index in [9.17, 15) is 0 Å². The minimum Gasteiger partial charge on any atom is -0.303 e. The smallest absolute Gasteiger partial charge is 0.0841 e. The topological polar surface area (TPSA) is 39.1 Å². The number of hydrogen-bond donors (Lipinski definition) is 1. The van der Waals surface area contributed by atoms with Crippen LogP contribution in [0, 0.1) is 11.3 Å². The summed E-state index contributed by atoms with van der Waals surface area (Å²) >= 11 is 0. The number of nitriles is 1. The molecule has 1 aliphatic rings. The van der Waals surface area contributed by atoms with E-state index >= 15 is 0 Å². The van der Waals surface area contributed by atoms with Gasteiger partial charge in [0.2, 0.25) is 0 Å². The Morgan fingerprint density at radius 3 is 2.83 bits per heavy atom. The first-order chi connectivity index (χ1) is 5.75. The third kappa shape index (κ3) is 2.80. The average Bonchev–Trinajstić information content (AvgIpc) is 2.86. The van der Waals surface area contributed by atoms with Gasteiger partial charge in [0.05, 0.1) is 12.6 Å². The van der Waals surface area contributed by atoms with Gasteiger partial charge < -0.3 is 5.32 Å². The van der Waals surface area contributed by atoms with Gasteiger partial charge in [-0.05, 0) is 26.8 Å². The molecular formula is C9H17N3. The maximum absolute atomic E-state index is 8.31. The maximum atomic E-state index is 8.31. The summed E-state index contributed by atoms with van der Waals surface area (Å²) in [5.41, 5.74) is 0. The van der Waals surface area contributed by atoms with E-state index in [1.165, 1.54) is 12.8 Å². The molecule has 3 nitrogen and oxygen atoms in total. The summed E-state index contributed by atoms with van der Waals surface area (Å²) in [4.78, 5) is 2.39. The molecule has 0 amide bonds. The number of likely N-dealkylation sites (N-methyl/N-ethyl adjacent to an activating group) is 1. The second-order valence-electron chi connectivity index (χ2n) is 3.53. The van der Waals surface area contributed by atoms with Crippen LogP contribution >= 0.6 is 0 Å². The van der Waals surface area contributed by atoms with E-state index in [2.05, 4.69) is 30.3 Å². The molecule has 1 aliphatic carbocycles. The molecule has 1 unspecified atom stereocenters. The summed E-state index contributed by atoms with van der Waals surface area (Å²) < 4.78 is 0. The van der Waals surface area contributed by atoms with Gasteiger partial charge >= 0.3 is 0 Å². The number of hydrogen-bond acceptors (Lipinski definition) is 3. The van der Waals surface area contributed by atoms with Crippen LogP contribution in [0.5, 0.6) is 0 Å². The van der Waals surface area contributed by atoms with Crippen molar-refractivity contribution in [1.29, 1.82) is 5.26 Å². The molecule has 0 aromatic carbocycles. The monoisotopic (exact) mass is 167 g/mol. The van der Waals surface area contributed by atoms with Gasteiger partial charge in [-0.2, -0.15) is 5.26 Å². The predicted octanol–water partition coefficient (Wildman–Crippen LogP) is 0.582. The Labute approximate surface area is 74.4 Å². The van der Waals surface area contributed by atoms with Crippen molar-refractivity contribution in [2.75, 3.05) is 20.1 Å². The second-order valence-corrected chi connectivity index (χ2v) is 3.53. The SMILES string of the molecule is CC(CNCC#N)N(C)C1CC1. The van der Waals surface area contributed by atoms with Gasteiger partial charge in [0.1, 0.15) is 0 Å². The molecule has 1 atom stereocenters. The van der Waals surface area contributed by atoms with E-state index in [0.29, 0.717) is 12.6 Å². The number of nitrogens with one attached hydrogen (secondary N) is 1. The normalized spacial score (nSPS) is 19.2. The highest BCUT2D eigenvalue weighted by molar-refractivity contribution is 4.86. The molecule has 0 bridgehead atoms. The van der Waals surface area contributed by atoms with Crippen molar-refractivity contribution in [3.05, 3.63) is 0 Å². The van der Waals surface area contributed by atoms with Crippen LogP contribution in [0.4, 0.5) is 0 Å². The van der Waals surface area contributed by atoms with Crippen molar-refractivity contribution in [1.82, 2.24) is 10.2 Å². The van der Waals surface area contributed by atoms with Crippen LogP contribution < -0.4 is 5.32 Å². The van der Waals surface area contributed by atoms with Crippen molar-refractivity contribution < 1.29 is 0 Å². The van der Waals surface area contributed by atoms with Crippen molar-refractivity contribution in [2.24, 2.45) is 0 Å². The number of rotatable bonds is 5. The molecule has 0 spiro atoms. The summed E-state index contributed by atoms with van der Waals surface area (Å²) in [5, 5.41) is 11.4. The Kier molecular flexibility index (Phi) is 3.51. The van der Waals surface area contributed by atoms with Gasteiger partial charge in [0, 0.05) is 18.6 Å². The van der Waals surface area contributed by atoms with Crippen LogP contribution in [0.25, 0.3) is 0 Å². The first-order valence-corrected chi connectivity index (χ1v) is 4.55. The largest absolute Gasteiger partial charge is 0.303 e. The molecule has 12 heavy (non-hydrogen) atoms. The number of nitrogens with zero attached hydrogens (tertiary/aromatic N) is 2. The Balaban J connectivity index is 2.09. The van der Waals surface area contributed by atoms with E-state index < -0.39 is 0 Å². The fourth-order valence-electron chi connectivity index (χ4n) is 1.32. The minimum atomic E-state index is 0.461. The van der Waals surface area contributed by atoms with Crippen LogP contribution in [0.1, 0.15) is 19.8 Å². The van der Waals surface area contributed by atoms with Gasteiger partial charge in [-0.1, -0.05) is 0 Å². The lowest BCUT2D eigenvalue weighted by Crippen LogP contribution is -2.39. The second kappa shape index (κ2) is 4.44. The highest BCUT2D eigenvalue weighted by atomic mass is 15.2. The van der Waals surface area contributed by atoms with Gasteiger partial charge in [-0.15, -0.1) is 0 Å². The fraction of sp³-hybridized carbons (Fsp3) is 0.889. The lowest BCUT2D eigenvalue weighted by molar-refractivity contribution is 0.243. The highest BCUT2D eigenvalue weighted by Crippen LogP contribution is 2.26.